The molecule has 2 aromatic heterocycles. The fraction of sp³-hybridized carbons (Fsp3) is 0.571. The lowest BCUT2D eigenvalue weighted by Crippen LogP contribution is -2.03. The van der Waals surface area contributed by atoms with E-state index >= 15 is 0 Å². The average Bonchev–Trinajstić information content (AvgIpc) is 3.00. The van der Waals surface area contributed by atoms with Gasteiger partial charge in [0.25, 0.3) is 0 Å². The lowest BCUT2D eigenvalue weighted by Gasteiger charge is -2.10. The van der Waals surface area contributed by atoms with Crippen LogP contribution in [0.15, 0.2) is 18.5 Å². The fourth-order valence-electron chi connectivity index (χ4n) is 2.83. The normalized spacial score (nSPS) is 24.4. The van der Waals surface area contributed by atoms with E-state index in [9.17, 15) is 0 Å². The molecule has 1 aliphatic rings. The van der Waals surface area contributed by atoms with Gasteiger partial charge in [0.15, 0.2) is 0 Å². The summed E-state index contributed by atoms with van der Waals surface area (Å²) in [5.41, 5.74) is 2.14. The number of nitrogens with zero attached hydrogens (tertiary/aromatic N) is 3. The molecule has 3 nitrogen and oxygen atoms in total. The predicted molar refractivity (Wildman–Crippen MR) is 73.8 cm³/mol. The van der Waals surface area contributed by atoms with Crippen LogP contribution in [0, 0.1) is 5.92 Å². The molecule has 4 heteroatoms. The van der Waals surface area contributed by atoms with Gasteiger partial charge in [0, 0.05) is 12.2 Å². The highest BCUT2D eigenvalue weighted by molar-refractivity contribution is 6.20. The van der Waals surface area contributed by atoms with Crippen molar-refractivity contribution >= 4 is 22.6 Å². The topological polar surface area (TPSA) is 30.7 Å². The minimum atomic E-state index is -0.0553. The van der Waals surface area contributed by atoms with E-state index in [4.69, 9.17) is 11.6 Å². The van der Waals surface area contributed by atoms with Crippen LogP contribution in [0.1, 0.15) is 50.4 Å². The maximum atomic E-state index is 6.27. The quantitative estimate of drug-likeness (QED) is 0.778. The Hall–Kier alpha value is -1.09. The predicted octanol–water partition coefficient (Wildman–Crippen LogP) is 4.09. The second kappa shape index (κ2) is 4.54. The van der Waals surface area contributed by atoms with E-state index < -0.39 is 0 Å². The molecule has 3 rings (SSSR count). The summed E-state index contributed by atoms with van der Waals surface area (Å²) < 4.78 is 2.34. The van der Waals surface area contributed by atoms with E-state index in [1.165, 1.54) is 24.8 Å². The highest BCUT2D eigenvalue weighted by Crippen LogP contribution is 2.49. The first-order chi connectivity index (χ1) is 8.72. The summed E-state index contributed by atoms with van der Waals surface area (Å²) in [7, 11) is 0. The number of aromatic nitrogens is 3. The SMILES string of the molecule is CCCC1CC1n1c(C(C)Cl)nc2cnccc21. The molecule has 0 amide bonds. The number of imidazole rings is 1. The van der Waals surface area contributed by atoms with Gasteiger partial charge in [-0.15, -0.1) is 11.6 Å². The van der Waals surface area contributed by atoms with E-state index in [1.54, 1.807) is 0 Å². The number of rotatable bonds is 4. The Morgan fingerprint density at radius 3 is 3.11 bits per heavy atom. The molecule has 0 aromatic carbocycles. The number of pyridine rings is 1. The number of hydrogen-bond acceptors (Lipinski definition) is 2. The van der Waals surface area contributed by atoms with E-state index in [1.807, 2.05) is 25.4 Å². The molecule has 0 aliphatic heterocycles. The Morgan fingerprint density at radius 1 is 1.56 bits per heavy atom. The van der Waals surface area contributed by atoms with Gasteiger partial charge < -0.3 is 4.57 Å². The molecule has 2 heterocycles. The maximum absolute atomic E-state index is 6.27. The Kier molecular flexibility index (Phi) is 3.02. The van der Waals surface area contributed by atoms with Crippen molar-refractivity contribution in [2.75, 3.05) is 0 Å². The Bertz CT molecular complexity index is 561. The lowest BCUT2D eigenvalue weighted by atomic mass is 10.2. The van der Waals surface area contributed by atoms with Gasteiger partial charge in [-0.1, -0.05) is 13.3 Å². The number of halogens is 1. The Balaban J connectivity index is 2.06. The lowest BCUT2D eigenvalue weighted by molar-refractivity contribution is 0.597. The van der Waals surface area contributed by atoms with Crippen molar-refractivity contribution in [2.24, 2.45) is 5.92 Å². The summed E-state index contributed by atoms with van der Waals surface area (Å²) in [6.07, 6.45) is 7.47. The van der Waals surface area contributed by atoms with Crippen LogP contribution < -0.4 is 0 Å². The summed E-state index contributed by atoms with van der Waals surface area (Å²) in [6, 6.07) is 2.64. The van der Waals surface area contributed by atoms with E-state index in [0.29, 0.717) is 6.04 Å². The van der Waals surface area contributed by atoms with Crippen molar-refractivity contribution in [3.05, 3.63) is 24.3 Å². The van der Waals surface area contributed by atoms with Crippen molar-refractivity contribution in [3.63, 3.8) is 0 Å². The van der Waals surface area contributed by atoms with Crippen molar-refractivity contribution in [1.82, 2.24) is 14.5 Å². The smallest absolute Gasteiger partial charge is 0.128 e. The van der Waals surface area contributed by atoms with Gasteiger partial charge in [0.05, 0.1) is 17.1 Å². The zero-order chi connectivity index (χ0) is 12.7. The van der Waals surface area contributed by atoms with E-state index in [-0.39, 0.29) is 5.38 Å². The van der Waals surface area contributed by atoms with Crippen LogP contribution in [-0.4, -0.2) is 14.5 Å². The van der Waals surface area contributed by atoms with Gasteiger partial charge in [0.1, 0.15) is 11.3 Å². The van der Waals surface area contributed by atoms with Crippen LogP contribution in [0.4, 0.5) is 0 Å². The van der Waals surface area contributed by atoms with Gasteiger partial charge in [0.2, 0.25) is 0 Å². The van der Waals surface area contributed by atoms with Crippen LogP contribution in [0.2, 0.25) is 0 Å². The van der Waals surface area contributed by atoms with Crippen LogP contribution >= 0.6 is 11.6 Å². The third-order valence-electron chi connectivity index (χ3n) is 3.75. The summed E-state index contributed by atoms with van der Waals surface area (Å²) in [6.45, 7) is 4.24. The minimum absolute atomic E-state index is 0.0553. The molecule has 0 saturated heterocycles. The van der Waals surface area contributed by atoms with Gasteiger partial charge in [-0.05, 0) is 31.7 Å². The van der Waals surface area contributed by atoms with Gasteiger partial charge in [-0.25, -0.2) is 4.98 Å². The maximum Gasteiger partial charge on any atom is 0.128 e. The van der Waals surface area contributed by atoms with Crippen molar-refractivity contribution in [3.8, 4) is 0 Å². The molecule has 0 spiro atoms. The number of hydrogen-bond donors (Lipinski definition) is 0. The van der Waals surface area contributed by atoms with Crippen LogP contribution in [-0.2, 0) is 0 Å². The zero-order valence-electron chi connectivity index (χ0n) is 10.8. The second-order valence-electron chi connectivity index (χ2n) is 5.17. The first-order valence-corrected chi connectivity index (χ1v) is 7.12. The molecule has 96 valence electrons. The molecule has 1 fully saturated rings. The largest absolute Gasteiger partial charge is 0.323 e. The average molecular weight is 264 g/mol. The first-order valence-electron chi connectivity index (χ1n) is 6.68. The van der Waals surface area contributed by atoms with E-state index in [0.717, 1.165) is 17.3 Å². The van der Waals surface area contributed by atoms with Crippen molar-refractivity contribution in [1.29, 1.82) is 0 Å². The minimum Gasteiger partial charge on any atom is -0.323 e. The molecule has 18 heavy (non-hydrogen) atoms. The first kappa shape index (κ1) is 12.0. The number of alkyl halides is 1. The summed E-state index contributed by atoms with van der Waals surface area (Å²) in [4.78, 5) is 8.78. The van der Waals surface area contributed by atoms with Gasteiger partial charge in [-0.3, -0.25) is 4.98 Å². The highest BCUT2D eigenvalue weighted by atomic mass is 35.5. The molecule has 0 N–H and O–H groups in total. The Morgan fingerprint density at radius 2 is 2.39 bits per heavy atom. The third kappa shape index (κ3) is 1.91. The third-order valence-corrected chi connectivity index (χ3v) is 3.95. The zero-order valence-corrected chi connectivity index (χ0v) is 11.6. The van der Waals surface area contributed by atoms with Crippen molar-refractivity contribution < 1.29 is 0 Å². The monoisotopic (exact) mass is 263 g/mol. The van der Waals surface area contributed by atoms with E-state index in [2.05, 4.69) is 21.5 Å². The highest BCUT2D eigenvalue weighted by Gasteiger charge is 2.40. The number of fused-ring (bicyclic) bond motifs is 1. The molecule has 2 aromatic rings. The Labute approximate surface area is 112 Å². The molecular formula is C14H18ClN3. The van der Waals surface area contributed by atoms with Crippen LogP contribution in [0.5, 0.6) is 0 Å². The second-order valence-corrected chi connectivity index (χ2v) is 5.83. The summed E-state index contributed by atoms with van der Waals surface area (Å²) >= 11 is 6.27. The fourth-order valence-corrected chi connectivity index (χ4v) is 2.98. The molecule has 1 aliphatic carbocycles. The van der Waals surface area contributed by atoms with Gasteiger partial charge >= 0.3 is 0 Å². The molecule has 0 radical (unpaired) electrons. The molecular weight excluding hydrogens is 246 g/mol. The molecule has 3 atom stereocenters. The molecule has 0 bridgehead atoms. The summed E-state index contributed by atoms with van der Waals surface area (Å²) in [5, 5.41) is -0.0553. The van der Waals surface area contributed by atoms with Crippen LogP contribution in [0.3, 0.4) is 0 Å². The van der Waals surface area contributed by atoms with Crippen molar-refractivity contribution in [2.45, 2.75) is 44.5 Å². The molecule has 3 unspecified atom stereocenters. The van der Waals surface area contributed by atoms with Crippen LogP contribution in [0.25, 0.3) is 11.0 Å². The summed E-state index contributed by atoms with van der Waals surface area (Å²) in [5.74, 6) is 1.79. The van der Waals surface area contributed by atoms with Gasteiger partial charge in [-0.2, -0.15) is 0 Å². The standard InChI is InChI=1S/C14H18ClN3/c1-3-4-10-7-13(10)18-12-5-6-16-8-11(12)17-14(18)9(2)15/h5-6,8-10,13H,3-4,7H2,1-2H3. The molecule has 1 saturated carbocycles.